The topological polar surface area (TPSA) is 57.2 Å². The molecule has 6 heteroatoms. The fourth-order valence-electron chi connectivity index (χ4n) is 3.39. The van der Waals surface area contributed by atoms with Crippen molar-refractivity contribution in [3.8, 4) is 0 Å². The fourth-order valence-corrected chi connectivity index (χ4v) is 3.39. The lowest BCUT2D eigenvalue weighted by atomic mass is 9.92. The highest BCUT2D eigenvalue weighted by Crippen LogP contribution is 2.30. The number of hydrogen-bond acceptors (Lipinski definition) is 5. The fraction of sp³-hybridized carbons (Fsp3) is 0.526. The Labute approximate surface area is 148 Å². The molecular formula is C19H25NO5. The molecule has 25 heavy (non-hydrogen) atoms. The molecule has 1 saturated heterocycles. The Morgan fingerprint density at radius 1 is 1.24 bits per heavy atom. The lowest BCUT2D eigenvalue weighted by Gasteiger charge is -2.44. The Morgan fingerprint density at radius 2 is 2.00 bits per heavy atom. The Morgan fingerprint density at radius 3 is 2.68 bits per heavy atom. The first kappa shape index (κ1) is 17.9. The standard InChI is InChI=1S/C19H25NO5/c1-22-18(23-2)10-15-8-16-12-24-13-17(9-15)20(16)19(21)25-11-14-6-4-3-5-7-14/h3-8,16-18H,9-13H2,1-2H3. The molecule has 1 amide bonds. The third-order valence-corrected chi connectivity index (χ3v) is 4.65. The smallest absolute Gasteiger partial charge is 0.411 e. The first-order chi connectivity index (χ1) is 12.2. The molecule has 2 aliphatic rings. The van der Waals surface area contributed by atoms with Gasteiger partial charge < -0.3 is 18.9 Å². The second-order valence-electron chi connectivity index (χ2n) is 6.34. The Kier molecular flexibility index (Phi) is 6.07. The first-order valence-corrected chi connectivity index (χ1v) is 8.53. The van der Waals surface area contributed by atoms with Crippen molar-refractivity contribution in [3.63, 3.8) is 0 Å². The quantitative estimate of drug-likeness (QED) is 0.585. The molecule has 0 saturated carbocycles. The van der Waals surface area contributed by atoms with Gasteiger partial charge in [-0.2, -0.15) is 0 Å². The molecule has 0 aliphatic carbocycles. The van der Waals surface area contributed by atoms with Crippen molar-refractivity contribution in [2.45, 2.75) is 37.8 Å². The van der Waals surface area contributed by atoms with Crippen LogP contribution in [0.4, 0.5) is 4.79 Å². The van der Waals surface area contributed by atoms with Crippen molar-refractivity contribution in [1.29, 1.82) is 0 Å². The van der Waals surface area contributed by atoms with Crippen LogP contribution in [0.2, 0.25) is 0 Å². The summed E-state index contributed by atoms with van der Waals surface area (Å²) in [6.07, 6.45) is 2.99. The molecule has 0 aromatic heterocycles. The summed E-state index contributed by atoms with van der Waals surface area (Å²) in [6.45, 7) is 1.30. The molecular weight excluding hydrogens is 322 g/mol. The Hall–Kier alpha value is -1.89. The van der Waals surface area contributed by atoms with E-state index < -0.39 is 0 Å². The van der Waals surface area contributed by atoms with Crippen LogP contribution >= 0.6 is 0 Å². The van der Waals surface area contributed by atoms with Gasteiger partial charge in [0.2, 0.25) is 0 Å². The number of ether oxygens (including phenoxy) is 4. The molecule has 0 radical (unpaired) electrons. The molecule has 3 rings (SSSR count). The highest BCUT2D eigenvalue weighted by atomic mass is 16.7. The van der Waals surface area contributed by atoms with E-state index in [1.54, 1.807) is 14.2 Å². The SMILES string of the molecule is COC(CC1=CC2COCC(C1)N2C(=O)OCc1ccccc1)OC. The average molecular weight is 347 g/mol. The van der Waals surface area contributed by atoms with Crippen LogP contribution in [0.3, 0.4) is 0 Å². The molecule has 2 unspecified atom stereocenters. The van der Waals surface area contributed by atoms with Crippen LogP contribution in [0.5, 0.6) is 0 Å². The maximum absolute atomic E-state index is 12.6. The van der Waals surface area contributed by atoms with Gasteiger partial charge in [0.05, 0.1) is 25.3 Å². The minimum Gasteiger partial charge on any atom is -0.445 e. The summed E-state index contributed by atoms with van der Waals surface area (Å²) in [6, 6.07) is 9.60. The number of rotatable bonds is 6. The summed E-state index contributed by atoms with van der Waals surface area (Å²) in [7, 11) is 3.27. The highest BCUT2D eigenvalue weighted by Gasteiger charge is 2.39. The van der Waals surface area contributed by atoms with E-state index in [2.05, 4.69) is 6.08 Å². The number of hydrogen-bond donors (Lipinski definition) is 0. The number of benzene rings is 1. The van der Waals surface area contributed by atoms with Crippen LogP contribution in [-0.2, 0) is 25.6 Å². The van der Waals surface area contributed by atoms with Gasteiger partial charge in [-0.1, -0.05) is 42.0 Å². The number of morpholine rings is 1. The van der Waals surface area contributed by atoms with Gasteiger partial charge >= 0.3 is 6.09 Å². The van der Waals surface area contributed by atoms with Crippen LogP contribution in [0.25, 0.3) is 0 Å². The van der Waals surface area contributed by atoms with Gasteiger partial charge in [0.25, 0.3) is 0 Å². The van der Waals surface area contributed by atoms with Gasteiger partial charge in [-0.3, -0.25) is 4.90 Å². The van der Waals surface area contributed by atoms with Crippen LogP contribution in [0.15, 0.2) is 42.0 Å². The van der Waals surface area contributed by atoms with Crippen molar-refractivity contribution in [3.05, 3.63) is 47.5 Å². The largest absolute Gasteiger partial charge is 0.445 e. The number of methoxy groups -OCH3 is 2. The van der Waals surface area contributed by atoms with Crippen LogP contribution < -0.4 is 0 Å². The van der Waals surface area contributed by atoms with Crippen molar-refractivity contribution in [1.82, 2.24) is 4.90 Å². The Bertz CT molecular complexity index is 599. The van der Waals surface area contributed by atoms with Gasteiger partial charge in [0, 0.05) is 20.6 Å². The molecule has 2 aliphatic heterocycles. The molecule has 0 spiro atoms. The molecule has 2 bridgehead atoms. The minimum atomic E-state index is -0.285. The van der Waals surface area contributed by atoms with E-state index in [-0.39, 0.29) is 31.1 Å². The predicted molar refractivity (Wildman–Crippen MR) is 92.0 cm³/mol. The van der Waals surface area contributed by atoms with Gasteiger partial charge in [-0.25, -0.2) is 4.79 Å². The molecule has 1 fully saturated rings. The maximum atomic E-state index is 12.6. The van der Waals surface area contributed by atoms with E-state index in [9.17, 15) is 4.79 Å². The van der Waals surface area contributed by atoms with E-state index in [0.29, 0.717) is 19.6 Å². The van der Waals surface area contributed by atoms with Gasteiger partial charge in [0.1, 0.15) is 6.61 Å². The second-order valence-corrected chi connectivity index (χ2v) is 6.34. The third kappa shape index (κ3) is 4.39. The zero-order valence-corrected chi connectivity index (χ0v) is 14.7. The van der Waals surface area contributed by atoms with Crippen molar-refractivity contribution in [2.24, 2.45) is 0 Å². The molecule has 1 aromatic carbocycles. The van der Waals surface area contributed by atoms with E-state index >= 15 is 0 Å². The van der Waals surface area contributed by atoms with Crippen molar-refractivity contribution < 1.29 is 23.7 Å². The number of amides is 1. The first-order valence-electron chi connectivity index (χ1n) is 8.53. The lowest BCUT2D eigenvalue weighted by Crippen LogP contribution is -2.56. The number of nitrogens with zero attached hydrogens (tertiary/aromatic N) is 1. The molecule has 2 atom stereocenters. The average Bonchev–Trinajstić information content (AvgIpc) is 2.64. The second kappa shape index (κ2) is 8.47. The van der Waals surface area contributed by atoms with E-state index in [4.69, 9.17) is 18.9 Å². The van der Waals surface area contributed by atoms with E-state index in [1.807, 2.05) is 35.2 Å². The molecule has 136 valence electrons. The van der Waals surface area contributed by atoms with Crippen LogP contribution in [0, 0.1) is 0 Å². The predicted octanol–water partition coefficient (Wildman–Crippen LogP) is 2.73. The highest BCUT2D eigenvalue weighted by molar-refractivity contribution is 5.69. The zero-order valence-electron chi connectivity index (χ0n) is 14.7. The Balaban J connectivity index is 1.64. The maximum Gasteiger partial charge on any atom is 0.411 e. The van der Waals surface area contributed by atoms with Gasteiger partial charge in [0.15, 0.2) is 6.29 Å². The van der Waals surface area contributed by atoms with Crippen LogP contribution in [0.1, 0.15) is 18.4 Å². The zero-order chi connectivity index (χ0) is 17.6. The van der Waals surface area contributed by atoms with Gasteiger partial charge in [-0.05, 0) is 12.0 Å². The number of fused-ring (bicyclic) bond motifs is 2. The van der Waals surface area contributed by atoms with Crippen molar-refractivity contribution in [2.75, 3.05) is 27.4 Å². The summed E-state index contributed by atoms with van der Waals surface area (Å²) in [5, 5.41) is 0. The normalized spacial score (nSPS) is 22.7. The summed E-state index contributed by atoms with van der Waals surface area (Å²) in [4.78, 5) is 14.4. The summed E-state index contributed by atoms with van der Waals surface area (Å²) < 4.78 is 21.7. The lowest BCUT2D eigenvalue weighted by molar-refractivity contribution is -0.102. The molecule has 6 nitrogen and oxygen atoms in total. The third-order valence-electron chi connectivity index (χ3n) is 4.65. The molecule has 2 heterocycles. The van der Waals surface area contributed by atoms with Gasteiger partial charge in [-0.15, -0.1) is 0 Å². The van der Waals surface area contributed by atoms with E-state index in [1.165, 1.54) is 5.57 Å². The van der Waals surface area contributed by atoms with Crippen molar-refractivity contribution >= 4 is 6.09 Å². The van der Waals surface area contributed by atoms with Crippen LogP contribution in [-0.4, -0.2) is 56.8 Å². The monoisotopic (exact) mass is 347 g/mol. The summed E-state index contributed by atoms with van der Waals surface area (Å²) in [5.41, 5.74) is 2.22. The number of carbonyl (C=O) groups excluding carboxylic acids is 1. The molecule has 0 N–H and O–H groups in total. The van der Waals surface area contributed by atoms with E-state index in [0.717, 1.165) is 12.0 Å². The molecule has 1 aromatic rings. The minimum absolute atomic E-state index is 0.00335. The number of carbonyl (C=O) groups is 1. The summed E-state index contributed by atoms with van der Waals surface area (Å²) in [5.74, 6) is 0. The summed E-state index contributed by atoms with van der Waals surface area (Å²) >= 11 is 0.